The summed E-state index contributed by atoms with van der Waals surface area (Å²) in [6.07, 6.45) is 3.15. The van der Waals surface area contributed by atoms with Crippen LogP contribution < -0.4 is 9.47 Å². The molecule has 1 aromatic carbocycles. The average molecular weight is 264 g/mol. The topological polar surface area (TPSA) is 47.9 Å². The molecule has 0 aromatic heterocycles. The second-order valence-corrected chi connectivity index (χ2v) is 4.55. The van der Waals surface area contributed by atoms with Gasteiger partial charge in [0.15, 0.2) is 0 Å². The van der Waals surface area contributed by atoms with Crippen molar-refractivity contribution in [1.29, 1.82) is 0 Å². The van der Waals surface area contributed by atoms with Gasteiger partial charge >= 0.3 is 0 Å². The van der Waals surface area contributed by atoms with Crippen LogP contribution in [0.1, 0.15) is 12.8 Å². The Hall–Kier alpha value is -1.52. The summed E-state index contributed by atoms with van der Waals surface area (Å²) in [5.74, 6) is 1.54. The number of aliphatic hydroxyl groups is 1. The maximum absolute atomic E-state index is 9.08. The molecule has 0 bridgehead atoms. The molecule has 0 aliphatic carbocycles. The number of hydrogen-bond acceptors (Lipinski definition) is 4. The van der Waals surface area contributed by atoms with Crippen LogP contribution in [0.3, 0.4) is 0 Å². The Bertz CT molecular complexity index is 401. The number of methoxy groups -OCH3 is 1. The van der Waals surface area contributed by atoms with Crippen LogP contribution in [-0.4, -0.2) is 37.1 Å². The Balaban J connectivity index is 1.96. The largest absolute Gasteiger partial charge is 0.497 e. The molecule has 0 spiro atoms. The maximum Gasteiger partial charge on any atom is 0.143 e. The van der Waals surface area contributed by atoms with Crippen LogP contribution in [-0.2, 0) is 4.74 Å². The molecule has 0 unspecified atom stereocenters. The Morgan fingerprint density at radius 2 is 2.05 bits per heavy atom. The summed E-state index contributed by atoms with van der Waals surface area (Å²) in [4.78, 5) is 0. The first-order chi connectivity index (χ1) is 9.26. The van der Waals surface area contributed by atoms with Crippen LogP contribution in [0.15, 0.2) is 36.9 Å². The third-order valence-electron chi connectivity index (χ3n) is 3.27. The van der Waals surface area contributed by atoms with E-state index in [4.69, 9.17) is 19.3 Å². The molecule has 0 radical (unpaired) electrons. The molecule has 1 fully saturated rings. The Morgan fingerprint density at radius 3 is 2.58 bits per heavy atom. The number of ether oxygens (including phenoxy) is 3. The standard InChI is InChI=1S/C15H20O4/c1-3-14(15-9-8-13(10-16)19-15)18-12-6-4-11(17-2)5-7-12/h3-7,13-16H,1,8-10H2,2H3/t13-,14-,15-/m0/s1. The molecule has 1 heterocycles. The zero-order valence-corrected chi connectivity index (χ0v) is 11.1. The number of aliphatic hydroxyl groups excluding tert-OH is 1. The minimum absolute atomic E-state index is 0.0447. The van der Waals surface area contributed by atoms with Crippen LogP contribution in [0.5, 0.6) is 11.5 Å². The van der Waals surface area contributed by atoms with E-state index in [0.29, 0.717) is 0 Å². The summed E-state index contributed by atoms with van der Waals surface area (Å²) in [5, 5.41) is 9.08. The number of rotatable bonds is 6. The van der Waals surface area contributed by atoms with E-state index in [2.05, 4.69) is 6.58 Å². The second-order valence-electron chi connectivity index (χ2n) is 4.55. The lowest BCUT2D eigenvalue weighted by atomic mass is 10.1. The smallest absolute Gasteiger partial charge is 0.143 e. The van der Waals surface area contributed by atoms with E-state index in [0.717, 1.165) is 24.3 Å². The minimum atomic E-state index is -0.204. The molecular formula is C15H20O4. The lowest BCUT2D eigenvalue weighted by Gasteiger charge is -2.22. The molecule has 3 atom stereocenters. The Kier molecular flexibility index (Phi) is 4.82. The molecule has 1 N–H and O–H groups in total. The maximum atomic E-state index is 9.08. The highest BCUT2D eigenvalue weighted by Gasteiger charge is 2.31. The summed E-state index contributed by atoms with van der Waals surface area (Å²) in [7, 11) is 1.63. The van der Waals surface area contributed by atoms with Crippen molar-refractivity contribution in [2.75, 3.05) is 13.7 Å². The molecule has 1 saturated heterocycles. The van der Waals surface area contributed by atoms with Gasteiger partial charge in [0.05, 0.1) is 25.9 Å². The van der Waals surface area contributed by atoms with Crippen molar-refractivity contribution < 1.29 is 19.3 Å². The van der Waals surface area contributed by atoms with Crippen LogP contribution in [0.2, 0.25) is 0 Å². The van der Waals surface area contributed by atoms with E-state index in [1.54, 1.807) is 13.2 Å². The molecule has 0 saturated carbocycles. The van der Waals surface area contributed by atoms with E-state index in [1.165, 1.54) is 0 Å². The fourth-order valence-corrected chi connectivity index (χ4v) is 2.20. The summed E-state index contributed by atoms with van der Waals surface area (Å²) in [6.45, 7) is 3.85. The lowest BCUT2D eigenvalue weighted by Crippen LogP contribution is -2.30. The second kappa shape index (κ2) is 6.59. The highest BCUT2D eigenvalue weighted by Crippen LogP contribution is 2.26. The van der Waals surface area contributed by atoms with Crippen molar-refractivity contribution in [3.8, 4) is 11.5 Å². The van der Waals surface area contributed by atoms with Gasteiger partial charge in [-0.2, -0.15) is 0 Å². The van der Waals surface area contributed by atoms with Crippen molar-refractivity contribution in [3.63, 3.8) is 0 Å². The minimum Gasteiger partial charge on any atom is -0.497 e. The van der Waals surface area contributed by atoms with Crippen molar-refractivity contribution >= 4 is 0 Å². The van der Waals surface area contributed by atoms with Crippen LogP contribution >= 0.6 is 0 Å². The van der Waals surface area contributed by atoms with E-state index >= 15 is 0 Å². The predicted molar refractivity (Wildman–Crippen MR) is 72.6 cm³/mol. The summed E-state index contributed by atoms with van der Waals surface area (Å²) in [6, 6.07) is 7.41. The van der Waals surface area contributed by atoms with Gasteiger partial charge in [0.25, 0.3) is 0 Å². The molecule has 0 amide bonds. The number of benzene rings is 1. The molecule has 4 nitrogen and oxygen atoms in total. The summed E-state index contributed by atoms with van der Waals surface area (Å²) < 4.78 is 16.7. The molecule has 4 heteroatoms. The molecule has 19 heavy (non-hydrogen) atoms. The number of hydrogen-bond donors (Lipinski definition) is 1. The van der Waals surface area contributed by atoms with Crippen molar-refractivity contribution in [1.82, 2.24) is 0 Å². The first kappa shape index (κ1) is 13.9. The van der Waals surface area contributed by atoms with E-state index in [-0.39, 0.29) is 24.9 Å². The average Bonchev–Trinajstić information content (AvgIpc) is 2.94. The monoisotopic (exact) mass is 264 g/mol. The highest BCUT2D eigenvalue weighted by atomic mass is 16.6. The molecule has 2 rings (SSSR count). The van der Waals surface area contributed by atoms with Gasteiger partial charge in [-0.15, -0.1) is 0 Å². The zero-order chi connectivity index (χ0) is 13.7. The third kappa shape index (κ3) is 3.49. The third-order valence-corrected chi connectivity index (χ3v) is 3.27. The van der Waals surface area contributed by atoms with Gasteiger partial charge in [0.1, 0.15) is 17.6 Å². The van der Waals surface area contributed by atoms with Crippen molar-refractivity contribution in [2.24, 2.45) is 0 Å². The van der Waals surface area contributed by atoms with Gasteiger partial charge in [0, 0.05) is 0 Å². The van der Waals surface area contributed by atoms with E-state index in [1.807, 2.05) is 24.3 Å². The van der Waals surface area contributed by atoms with Crippen LogP contribution in [0.4, 0.5) is 0 Å². The predicted octanol–water partition coefficient (Wildman–Crippen LogP) is 2.17. The van der Waals surface area contributed by atoms with Crippen LogP contribution in [0, 0.1) is 0 Å². The van der Waals surface area contributed by atoms with Gasteiger partial charge in [-0.25, -0.2) is 0 Å². The van der Waals surface area contributed by atoms with Crippen molar-refractivity contribution in [2.45, 2.75) is 31.2 Å². The molecule has 1 aliphatic heterocycles. The highest BCUT2D eigenvalue weighted by molar-refractivity contribution is 5.31. The first-order valence-corrected chi connectivity index (χ1v) is 6.46. The quantitative estimate of drug-likeness (QED) is 0.800. The van der Waals surface area contributed by atoms with Crippen molar-refractivity contribution in [3.05, 3.63) is 36.9 Å². The molecule has 104 valence electrons. The van der Waals surface area contributed by atoms with Gasteiger partial charge in [0.2, 0.25) is 0 Å². The van der Waals surface area contributed by atoms with Gasteiger partial charge in [-0.1, -0.05) is 6.58 Å². The summed E-state index contributed by atoms with van der Waals surface area (Å²) >= 11 is 0. The molecular weight excluding hydrogens is 244 g/mol. The fourth-order valence-electron chi connectivity index (χ4n) is 2.20. The van der Waals surface area contributed by atoms with Gasteiger partial charge < -0.3 is 19.3 Å². The van der Waals surface area contributed by atoms with E-state index in [9.17, 15) is 0 Å². The zero-order valence-electron chi connectivity index (χ0n) is 11.1. The fraction of sp³-hybridized carbons (Fsp3) is 0.467. The van der Waals surface area contributed by atoms with E-state index < -0.39 is 0 Å². The normalized spacial score (nSPS) is 23.9. The van der Waals surface area contributed by atoms with Gasteiger partial charge in [-0.05, 0) is 43.2 Å². The summed E-state index contributed by atoms with van der Waals surface area (Å²) in [5.41, 5.74) is 0. The Labute approximate surface area is 113 Å². The van der Waals surface area contributed by atoms with Gasteiger partial charge in [-0.3, -0.25) is 0 Å². The van der Waals surface area contributed by atoms with Crippen LogP contribution in [0.25, 0.3) is 0 Å². The molecule has 1 aliphatic rings. The SMILES string of the molecule is C=C[C@H](Oc1ccc(OC)cc1)[C@@H]1CC[C@@H](CO)O1. The molecule has 1 aromatic rings. The first-order valence-electron chi connectivity index (χ1n) is 6.46. The lowest BCUT2D eigenvalue weighted by molar-refractivity contribution is -0.0263. The Morgan fingerprint density at radius 1 is 1.37 bits per heavy atom.